The summed E-state index contributed by atoms with van der Waals surface area (Å²) >= 11 is 0. The fraction of sp³-hybridized carbons (Fsp3) is 0.800. The minimum absolute atomic E-state index is 0.129. The number of rotatable bonds is 5. The third-order valence-corrected chi connectivity index (χ3v) is 2.99. The van der Waals surface area contributed by atoms with Crippen LogP contribution in [0.15, 0.2) is 11.6 Å². The van der Waals surface area contributed by atoms with E-state index >= 15 is 0 Å². The highest BCUT2D eigenvalue weighted by atomic mass is 16.4. The van der Waals surface area contributed by atoms with Crippen molar-refractivity contribution in [1.29, 1.82) is 0 Å². The summed E-state index contributed by atoms with van der Waals surface area (Å²) in [6.07, 6.45) is 3.62. The van der Waals surface area contributed by atoms with Crippen LogP contribution in [0.1, 0.15) is 61.3 Å². The van der Waals surface area contributed by atoms with E-state index in [1.54, 1.807) is 6.92 Å². The van der Waals surface area contributed by atoms with E-state index in [1.807, 2.05) is 6.08 Å². The molecule has 0 saturated carbocycles. The normalized spacial score (nSPS) is 14.1. The first-order valence-corrected chi connectivity index (χ1v) is 6.64. The summed E-state index contributed by atoms with van der Waals surface area (Å²) < 4.78 is 0. The summed E-state index contributed by atoms with van der Waals surface area (Å²) in [5, 5.41) is 8.77. The van der Waals surface area contributed by atoms with Crippen LogP contribution in [0.4, 0.5) is 0 Å². The van der Waals surface area contributed by atoms with Crippen molar-refractivity contribution < 1.29 is 9.90 Å². The van der Waals surface area contributed by atoms with Gasteiger partial charge in [0.25, 0.3) is 0 Å². The zero-order valence-electron chi connectivity index (χ0n) is 13.0. The summed E-state index contributed by atoms with van der Waals surface area (Å²) in [5.74, 6) is -0.821. The second-order valence-corrected chi connectivity index (χ2v) is 6.83. The van der Waals surface area contributed by atoms with Gasteiger partial charge in [0.1, 0.15) is 0 Å². The molecule has 18 heavy (non-hydrogen) atoms. The first-order chi connectivity index (χ1) is 7.96. The number of carbonyl (C=O) groups is 1. The smallest absolute Gasteiger partial charge is 0.330 e. The molecule has 0 atom stereocenters. The van der Waals surface area contributed by atoms with Gasteiger partial charge in [0.05, 0.1) is 0 Å². The molecule has 0 unspecified atom stereocenters. The molecular weight excluding hydrogens is 226 g/mol. The molecule has 0 aromatic rings. The quantitative estimate of drug-likeness (QED) is 0.601. The van der Waals surface area contributed by atoms with Crippen LogP contribution < -0.4 is 0 Å². The summed E-state index contributed by atoms with van der Waals surface area (Å²) in [7, 11) is 0. The van der Waals surface area contributed by atoms with Crippen molar-refractivity contribution in [2.24, 2.45) is 0 Å². The van der Waals surface area contributed by atoms with Gasteiger partial charge < -0.3 is 5.11 Å². The van der Waals surface area contributed by atoms with E-state index in [9.17, 15) is 4.79 Å². The molecule has 0 radical (unpaired) electrons. The lowest BCUT2D eigenvalue weighted by Crippen LogP contribution is -2.52. The van der Waals surface area contributed by atoms with Crippen LogP contribution in [-0.4, -0.2) is 33.6 Å². The third-order valence-electron chi connectivity index (χ3n) is 2.99. The molecule has 106 valence electrons. The highest BCUT2D eigenvalue weighted by Crippen LogP contribution is 2.25. The van der Waals surface area contributed by atoms with E-state index in [4.69, 9.17) is 5.11 Å². The molecule has 0 amide bonds. The molecule has 0 aliphatic heterocycles. The Balaban J connectivity index is 4.41. The molecule has 0 saturated heterocycles. The Bertz CT molecular complexity index is 291. The molecular formula is C15H29NO2. The molecule has 1 N–H and O–H groups in total. The van der Waals surface area contributed by atoms with Gasteiger partial charge in [-0.2, -0.15) is 0 Å². The van der Waals surface area contributed by atoms with Crippen LogP contribution in [0.3, 0.4) is 0 Å². The number of nitrogens with zero attached hydrogens (tertiary/aromatic N) is 1. The molecule has 0 aromatic carbocycles. The Morgan fingerprint density at radius 1 is 1.11 bits per heavy atom. The average Bonchev–Trinajstić information content (AvgIpc) is 2.12. The lowest BCUT2D eigenvalue weighted by molar-refractivity contribution is -0.132. The fourth-order valence-corrected chi connectivity index (χ4v) is 2.33. The SMILES string of the molecule is CC(=CCCCN(C(C)(C)C)C(C)(C)C)C(=O)O. The van der Waals surface area contributed by atoms with Gasteiger partial charge in [0, 0.05) is 16.7 Å². The van der Waals surface area contributed by atoms with Crippen molar-refractivity contribution in [3.63, 3.8) is 0 Å². The van der Waals surface area contributed by atoms with Crippen molar-refractivity contribution in [2.45, 2.75) is 72.4 Å². The summed E-state index contributed by atoms with van der Waals surface area (Å²) in [4.78, 5) is 13.1. The van der Waals surface area contributed by atoms with Crippen LogP contribution >= 0.6 is 0 Å². The molecule has 0 aromatic heterocycles. The van der Waals surface area contributed by atoms with Crippen molar-refractivity contribution in [3.05, 3.63) is 11.6 Å². The Labute approximate surface area is 112 Å². The number of hydrogen-bond donors (Lipinski definition) is 1. The van der Waals surface area contributed by atoms with E-state index in [2.05, 4.69) is 46.4 Å². The molecule has 0 bridgehead atoms. The lowest BCUT2D eigenvalue weighted by Gasteiger charge is -2.45. The fourth-order valence-electron chi connectivity index (χ4n) is 2.33. The lowest BCUT2D eigenvalue weighted by atomic mass is 9.95. The summed E-state index contributed by atoms with van der Waals surface area (Å²) in [6, 6.07) is 0. The largest absolute Gasteiger partial charge is 0.478 e. The van der Waals surface area contributed by atoms with Crippen molar-refractivity contribution in [3.8, 4) is 0 Å². The molecule has 0 aliphatic rings. The maximum absolute atomic E-state index is 10.7. The Morgan fingerprint density at radius 2 is 1.56 bits per heavy atom. The van der Waals surface area contributed by atoms with Crippen LogP contribution in [-0.2, 0) is 4.79 Å². The number of aliphatic carboxylic acids is 1. The topological polar surface area (TPSA) is 40.5 Å². The first kappa shape index (κ1) is 17.2. The molecule has 0 aliphatic carbocycles. The van der Waals surface area contributed by atoms with Gasteiger partial charge in [0.2, 0.25) is 0 Å². The highest BCUT2D eigenvalue weighted by Gasteiger charge is 2.30. The maximum Gasteiger partial charge on any atom is 0.330 e. The number of unbranched alkanes of at least 4 members (excludes halogenated alkanes) is 1. The van der Waals surface area contributed by atoms with Gasteiger partial charge in [-0.25, -0.2) is 4.79 Å². The molecule has 3 nitrogen and oxygen atoms in total. The average molecular weight is 255 g/mol. The number of carboxylic acid groups (broad SMARTS) is 1. The van der Waals surface area contributed by atoms with E-state index in [0.717, 1.165) is 19.4 Å². The van der Waals surface area contributed by atoms with E-state index in [0.29, 0.717) is 5.57 Å². The second kappa shape index (κ2) is 6.37. The van der Waals surface area contributed by atoms with E-state index < -0.39 is 5.97 Å². The van der Waals surface area contributed by atoms with Gasteiger partial charge >= 0.3 is 5.97 Å². The van der Waals surface area contributed by atoms with Crippen LogP contribution in [0.5, 0.6) is 0 Å². The minimum Gasteiger partial charge on any atom is -0.478 e. The van der Waals surface area contributed by atoms with Crippen LogP contribution in [0, 0.1) is 0 Å². The van der Waals surface area contributed by atoms with E-state index in [-0.39, 0.29) is 11.1 Å². The number of hydrogen-bond acceptors (Lipinski definition) is 2. The molecule has 0 spiro atoms. The Kier molecular flexibility index (Phi) is 6.08. The van der Waals surface area contributed by atoms with Crippen molar-refractivity contribution in [2.75, 3.05) is 6.54 Å². The van der Waals surface area contributed by atoms with Gasteiger partial charge in [0.15, 0.2) is 0 Å². The van der Waals surface area contributed by atoms with Crippen LogP contribution in [0.2, 0.25) is 0 Å². The second-order valence-electron chi connectivity index (χ2n) is 6.83. The van der Waals surface area contributed by atoms with Gasteiger partial charge in [-0.3, -0.25) is 4.90 Å². The number of carboxylic acids is 1. The molecule has 0 heterocycles. The predicted octanol–water partition coefficient (Wildman–Crippen LogP) is 3.70. The molecule has 0 rings (SSSR count). The van der Waals surface area contributed by atoms with Gasteiger partial charge in [-0.1, -0.05) is 6.08 Å². The maximum atomic E-state index is 10.7. The zero-order valence-corrected chi connectivity index (χ0v) is 13.0. The zero-order chi connectivity index (χ0) is 14.6. The van der Waals surface area contributed by atoms with Crippen molar-refractivity contribution in [1.82, 2.24) is 4.90 Å². The Morgan fingerprint density at radius 3 is 1.89 bits per heavy atom. The predicted molar refractivity (Wildman–Crippen MR) is 76.8 cm³/mol. The molecule has 0 fully saturated rings. The molecule has 3 heteroatoms. The number of allylic oxidation sites excluding steroid dienone is 1. The van der Waals surface area contributed by atoms with Gasteiger partial charge in [-0.05, 0) is 67.9 Å². The van der Waals surface area contributed by atoms with E-state index in [1.165, 1.54) is 0 Å². The van der Waals surface area contributed by atoms with Gasteiger partial charge in [-0.15, -0.1) is 0 Å². The highest BCUT2D eigenvalue weighted by molar-refractivity contribution is 5.85. The summed E-state index contributed by atoms with van der Waals surface area (Å²) in [5.41, 5.74) is 0.696. The summed E-state index contributed by atoms with van der Waals surface area (Å²) in [6.45, 7) is 15.9. The standard InChI is InChI=1S/C15H29NO2/c1-12(13(17)18)10-8-9-11-16(14(2,3)4)15(5,6)7/h10H,8-9,11H2,1-7H3,(H,17,18). The third kappa shape index (κ3) is 6.20. The minimum atomic E-state index is -0.821. The Hall–Kier alpha value is -0.830. The first-order valence-electron chi connectivity index (χ1n) is 6.64. The van der Waals surface area contributed by atoms with Crippen LogP contribution in [0.25, 0.3) is 0 Å². The monoisotopic (exact) mass is 255 g/mol. The van der Waals surface area contributed by atoms with Crippen molar-refractivity contribution >= 4 is 5.97 Å².